The van der Waals surface area contributed by atoms with Gasteiger partial charge in [-0.05, 0) is 36.8 Å². The van der Waals surface area contributed by atoms with Crippen molar-refractivity contribution < 1.29 is 14.6 Å². The minimum absolute atomic E-state index is 0.134. The SMILES string of the molecule is CC1CCC1COc1ncccc1C(=O)O. The number of hydrogen-bond donors (Lipinski definition) is 1. The highest BCUT2D eigenvalue weighted by Gasteiger charge is 2.27. The molecule has 4 heteroatoms. The van der Waals surface area contributed by atoms with Gasteiger partial charge in [0.2, 0.25) is 5.88 Å². The fourth-order valence-electron chi connectivity index (χ4n) is 1.84. The van der Waals surface area contributed by atoms with Gasteiger partial charge in [0.1, 0.15) is 5.56 Å². The average Bonchev–Trinajstić information content (AvgIpc) is 2.27. The number of carboxylic acids is 1. The molecule has 16 heavy (non-hydrogen) atoms. The van der Waals surface area contributed by atoms with E-state index in [0.29, 0.717) is 18.4 Å². The first-order valence-corrected chi connectivity index (χ1v) is 5.49. The molecule has 1 aliphatic carbocycles. The number of pyridine rings is 1. The van der Waals surface area contributed by atoms with Crippen molar-refractivity contribution in [2.45, 2.75) is 19.8 Å². The fourth-order valence-corrected chi connectivity index (χ4v) is 1.84. The van der Waals surface area contributed by atoms with E-state index in [1.807, 2.05) is 0 Å². The topological polar surface area (TPSA) is 59.4 Å². The summed E-state index contributed by atoms with van der Waals surface area (Å²) < 4.78 is 5.48. The Morgan fingerprint density at radius 1 is 1.62 bits per heavy atom. The summed E-state index contributed by atoms with van der Waals surface area (Å²) in [5.74, 6) is 0.458. The number of ether oxygens (including phenoxy) is 1. The summed E-state index contributed by atoms with van der Waals surface area (Å²) in [7, 11) is 0. The van der Waals surface area contributed by atoms with E-state index in [0.717, 1.165) is 6.42 Å². The molecule has 2 atom stereocenters. The van der Waals surface area contributed by atoms with Gasteiger partial charge in [-0.3, -0.25) is 0 Å². The van der Waals surface area contributed by atoms with Crippen molar-refractivity contribution in [2.24, 2.45) is 11.8 Å². The van der Waals surface area contributed by atoms with Gasteiger partial charge in [0.25, 0.3) is 0 Å². The van der Waals surface area contributed by atoms with E-state index < -0.39 is 5.97 Å². The predicted octanol–water partition coefficient (Wildman–Crippen LogP) is 2.20. The molecule has 1 aliphatic rings. The van der Waals surface area contributed by atoms with E-state index in [1.165, 1.54) is 12.5 Å². The number of carbonyl (C=O) groups is 1. The Morgan fingerprint density at radius 2 is 2.44 bits per heavy atom. The van der Waals surface area contributed by atoms with Gasteiger partial charge in [0, 0.05) is 6.20 Å². The van der Waals surface area contributed by atoms with Crippen LogP contribution >= 0.6 is 0 Å². The van der Waals surface area contributed by atoms with Gasteiger partial charge in [-0.25, -0.2) is 9.78 Å². The molecule has 0 radical (unpaired) electrons. The second-order valence-corrected chi connectivity index (χ2v) is 4.29. The smallest absolute Gasteiger partial charge is 0.341 e. The third-order valence-corrected chi connectivity index (χ3v) is 3.23. The molecule has 0 bridgehead atoms. The summed E-state index contributed by atoms with van der Waals surface area (Å²) in [6.45, 7) is 2.76. The number of hydrogen-bond acceptors (Lipinski definition) is 3. The minimum Gasteiger partial charge on any atom is -0.477 e. The van der Waals surface area contributed by atoms with Crippen LogP contribution in [0.3, 0.4) is 0 Å². The average molecular weight is 221 g/mol. The van der Waals surface area contributed by atoms with Crippen LogP contribution in [0.1, 0.15) is 30.1 Å². The van der Waals surface area contributed by atoms with Crippen molar-refractivity contribution in [1.82, 2.24) is 4.98 Å². The lowest BCUT2D eigenvalue weighted by Gasteiger charge is -2.33. The summed E-state index contributed by atoms with van der Waals surface area (Å²) >= 11 is 0. The Kier molecular flexibility index (Phi) is 3.08. The lowest BCUT2D eigenvalue weighted by Crippen LogP contribution is -2.29. The normalized spacial score (nSPS) is 23.6. The molecule has 1 saturated carbocycles. The van der Waals surface area contributed by atoms with Crippen LogP contribution in [0.4, 0.5) is 0 Å². The highest BCUT2D eigenvalue weighted by atomic mass is 16.5. The molecule has 0 amide bonds. The van der Waals surface area contributed by atoms with Gasteiger partial charge in [-0.1, -0.05) is 6.92 Å². The van der Waals surface area contributed by atoms with Crippen molar-refractivity contribution in [3.05, 3.63) is 23.9 Å². The largest absolute Gasteiger partial charge is 0.477 e. The van der Waals surface area contributed by atoms with Crippen molar-refractivity contribution in [1.29, 1.82) is 0 Å². The van der Waals surface area contributed by atoms with Crippen molar-refractivity contribution in [2.75, 3.05) is 6.61 Å². The third-order valence-electron chi connectivity index (χ3n) is 3.23. The highest BCUT2D eigenvalue weighted by Crippen LogP contribution is 2.33. The first kappa shape index (κ1) is 10.9. The van der Waals surface area contributed by atoms with Crippen LogP contribution in [0.25, 0.3) is 0 Å². The molecular weight excluding hydrogens is 206 g/mol. The molecule has 1 N–H and O–H groups in total. The number of nitrogens with zero attached hydrogens (tertiary/aromatic N) is 1. The van der Waals surface area contributed by atoms with Crippen LogP contribution in [-0.2, 0) is 0 Å². The van der Waals surface area contributed by atoms with Gasteiger partial charge in [-0.15, -0.1) is 0 Å². The Bertz CT molecular complexity index is 392. The Morgan fingerprint density at radius 3 is 3.00 bits per heavy atom. The van der Waals surface area contributed by atoms with E-state index in [9.17, 15) is 4.79 Å². The van der Waals surface area contributed by atoms with Crippen molar-refractivity contribution in [3.63, 3.8) is 0 Å². The Hall–Kier alpha value is -1.58. The summed E-state index contributed by atoms with van der Waals surface area (Å²) in [4.78, 5) is 14.8. The second-order valence-electron chi connectivity index (χ2n) is 4.29. The van der Waals surface area contributed by atoms with Crippen LogP contribution < -0.4 is 4.74 Å². The van der Waals surface area contributed by atoms with Crippen LogP contribution in [0, 0.1) is 11.8 Å². The van der Waals surface area contributed by atoms with Crippen molar-refractivity contribution >= 4 is 5.97 Å². The van der Waals surface area contributed by atoms with E-state index in [4.69, 9.17) is 9.84 Å². The lowest BCUT2D eigenvalue weighted by molar-refractivity contribution is 0.0683. The van der Waals surface area contributed by atoms with Crippen LogP contribution in [0.15, 0.2) is 18.3 Å². The monoisotopic (exact) mass is 221 g/mol. The number of aromatic carboxylic acids is 1. The molecule has 1 heterocycles. The molecule has 0 saturated heterocycles. The number of rotatable bonds is 4. The molecule has 86 valence electrons. The van der Waals surface area contributed by atoms with Crippen molar-refractivity contribution in [3.8, 4) is 5.88 Å². The number of carboxylic acid groups (broad SMARTS) is 1. The van der Waals surface area contributed by atoms with E-state index in [-0.39, 0.29) is 11.4 Å². The first-order valence-electron chi connectivity index (χ1n) is 5.49. The summed E-state index contributed by atoms with van der Waals surface area (Å²) in [6, 6.07) is 3.11. The molecule has 1 aromatic heterocycles. The Labute approximate surface area is 94.3 Å². The third kappa shape index (κ3) is 2.15. The zero-order valence-electron chi connectivity index (χ0n) is 9.22. The summed E-state index contributed by atoms with van der Waals surface area (Å²) in [5, 5.41) is 8.93. The van der Waals surface area contributed by atoms with Crippen LogP contribution in [-0.4, -0.2) is 22.7 Å². The summed E-state index contributed by atoms with van der Waals surface area (Å²) in [5.41, 5.74) is 0.134. The predicted molar refractivity (Wildman–Crippen MR) is 58.6 cm³/mol. The van der Waals surface area contributed by atoms with Gasteiger partial charge in [0.05, 0.1) is 6.61 Å². The molecule has 0 spiro atoms. The minimum atomic E-state index is -0.996. The van der Waals surface area contributed by atoms with E-state index in [1.54, 1.807) is 12.3 Å². The zero-order valence-corrected chi connectivity index (χ0v) is 9.22. The molecule has 1 aromatic rings. The molecule has 0 aliphatic heterocycles. The molecule has 0 aromatic carbocycles. The van der Waals surface area contributed by atoms with Gasteiger partial charge >= 0.3 is 5.97 Å². The van der Waals surface area contributed by atoms with Gasteiger partial charge in [-0.2, -0.15) is 0 Å². The van der Waals surface area contributed by atoms with Crippen LogP contribution in [0.2, 0.25) is 0 Å². The van der Waals surface area contributed by atoms with E-state index in [2.05, 4.69) is 11.9 Å². The second kappa shape index (κ2) is 4.51. The lowest BCUT2D eigenvalue weighted by atomic mass is 9.75. The quantitative estimate of drug-likeness (QED) is 0.846. The van der Waals surface area contributed by atoms with E-state index >= 15 is 0 Å². The zero-order chi connectivity index (χ0) is 11.5. The first-order chi connectivity index (χ1) is 7.68. The highest BCUT2D eigenvalue weighted by molar-refractivity contribution is 5.90. The molecule has 2 rings (SSSR count). The fraction of sp³-hybridized carbons (Fsp3) is 0.500. The molecular formula is C12H15NO3. The standard InChI is InChI=1S/C12H15NO3/c1-8-4-5-9(8)7-16-11-10(12(14)15)3-2-6-13-11/h2-3,6,8-9H,4-5,7H2,1H3,(H,14,15). The molecule has 1 fully saturated rings. The van der Waals surface area contributed by atoms with Gasteiger partial charge in [0.15, 0.2) is 0 Å². The molecule has 2 unspecified atom stereocenters. The summed E-state index contributed by atoms with van der Waals surface area (Å²) in [6.07, 6.45) is 3.95. The van der Waals surface area contributed by atoms with Crippen LogP contribution in [0.5, 0.6) is 5.88 Å². The maximum Gasteiger partial charge on any atom is 0.341 e. The molecule has 4 nitrogen and oxygen atoms in total. The Balaban J connectivity index is 2.00. The maximum absolute atomic E-state index is 10.9. The number of aromatic nitrogens is 1. The maximum atomic E-state index is 10.9. The van der Waals surface area contributed by atoms with Gasteiger partial charge < -0.3 is 9.84 Å².